The van der Waals surface area contributed by atoms with Gasteiger partial charge in [-0.05, 0) is 25.5 Å². The number of carbonyl (C=O) groups is 1. The Labute approximate surface area is 185 Å². The van der Waals surface area contributed by atoms with Crippen molar-refractivity contribution in [1.82, 2.24) is 14.9 Å². The number of benzene rings is 1. The molecule has 4 heterocycles. The van der Waals surface area contributed by atoms with Crippen molar-refractivity contribution in [2.24, 2.45) is 0 Å². The summed E-state index contributed by atoms with van der Waals surface area (Å²) in [5.74, 6) is 0.820. The number of thiazole rings is 1. The van der Waals surface area contributed by atoms with Crippen molar-refractivity contribution >= 4 is 28.0 Å². The molecule has 5 rings (SSSR count). The van der Waals surface area contributed by atoms with E-state index in [1.165, 1.54) is 11.3 Å². The largest absolute Gasteiger partial charge is 0.485 e. The number of ether oxygens (including phenoxy) is 3. The van der Waals surface area contributed by atoms with Crippen molar-refractivity contribution in [1.29, 1.82) is 0 Å². The van der Waals surface area contributed by atoms with Crippen LogP contribution >= 0.6 is 11.3 Å². The Kier molecular flexibility index (Phi) is 5.60. The summed E-state index contributed by atoms with van der Waals surface area (Å²) in [6.07, 6.45) is 3.93. The lowest BCUT2D eigenvalue weighted by Crippen LogP contribution is -2.32. The molecule has 2 atom stereocenters. The number of hydrogen-bond donors (Lipinski definition) is 0. The smallest absolute Gasteiger partial charge is 0.266 e. The number of nitrogens with zero attached hydrogens (tertiary/aromatic N) is 3. The lowest BCUT2D eigenvalue weighted by molar-refractivity contribution is -0.00461. The fraction of sp³-hybridized carbons (Fsp3) is 0.435. The zero-order chi connectivity index (χ0) is 21.4. The van der Waals surface area contributed by atoms with Crippen LogP contribution in [0.5, 0.6) is 5.75 Å². The van der Waals surface area contributed by atoms with E-state index in [0.29, 0.717) is 26.3 Å². The highest BCUT2D eigenvalue weighted by Gasteiger charge is 2.40. The minimum Gasteiger partial charge on any atom is -0.485 e. The first kappa shape index (κ1) is 20.4. The maximum Gasteiger partial charge on any atom is 0.266 e. The third-order valence-electron chi connectivity index (χ3n) is 5.77. The standard InChI is InChI=1S/C23H25N3O4S/c1-3-21-25-14(2)22(31-21)23(27)26-10-19-20(11-26)29-13-16(12-28-19)30-18-6-4-5-15-9-24-8-7-17(15)18/h4-9,16,19-20H,3,10-13H2,1-2H3/t19-,20-/m0/s1. The molecule has 1 aromatic carbocycles. The Morgan fingerprint density at radius 3 is 2.71 bits per heavy atom. The summed E-state index contributed by atoms with van der Waals surface area (Å²) in [7, 11) is 0. The molecule has 0 N–H and O–H groups in total. The quantitative estimate of drug-likeness (QED) is 0.621. The van der Waals surface area contributed by atoms with E-state index in [9.17, 15) is 4.79 Å². The van der Waals surface area contributed by atoms with E-state index in [-0.39, 0.29) is 24.2 Å². The van der Waals surface area contributed by atoms with E-state index in [1.54, 1.807) is 6.20 Å². The summed E-state index contributed by atoms with van der Waals surface area (Å²) >= 11 is 1.49. The molecule has 0 radical (unpaired) electrons. The second kappa shape index (κ2) is 8.53. The van der Waals surface area contributed by atoms with Crippen molar-refractivity contribution in [3.05, 3.63) is 52.2 Å². The minimum absolute atomic E-state index is 0.0205. The van der Waals surface area contributed by atoms with Crippen LogP contribution in [0.2, 0.25) is 0 Å². The van der Waals surface area contributed by atoms with E-state index in [0.717, 1.165) is 38.5 Å². The van der Waals surface area contributed by atoms with Gasteiger partial charge in [0.2, 0.25) is 0 Å². The van der Waals surface area contributed by atoms with Gasteiger partial charge in [-0.15, -0.1) is 11.3 Å². The Morgan fingerprint density at radius 1 is 1.23 bits per heavy atom. The van der Waals surface area contributed by atoms with E-state index < -0.39 is 0 Å². The second-order valence-corrected chi connectivity index (χ2v) is 9.01. The maximum atomic E-state index is 13.0. The minimum atomic E-state index is -0.204. The van der Waals surface area contributed by atoms with Gasteiger partial charge in [0.1, 0.15) is 28.9 Å². The number of carbonyl (C=O) groups excluding carboxylic acids is 1. The van der Waals surface area contributed by atoms with Crippen LogP contribution in [0.4, 0.5) is 0 Å². The summed E-state index contributed by atoms with van der Waals surface area (Å²) in [5.41, 5.74) is 0.805. The zero-order valence-corrected chi connectivity index (χ0v) is 18.4. The molecule has 0 saturated carbocycles. The molecule has 7 nitrogen and oxygen atoms in total. The molecule has 2 aliphatic rings. The van der Waals surface area contributed by atoms with Gasteiger partial charge in [-0.1, -0.05) is 19.1 Å². The molecule has 2 aromatic heterocycles. The molecule has 2 saturated heterocycles. The van der Waals surface area contributed by atoms with Crippen LogP contribution < -0.4 is 4.74 Å². The van der Waals surface area contributed by atoms with Gasteiger partial charge < -0.3 is 19.1 Å². The third kappa shape index (κ3) is 4.03. The van der Waals surface area contributed by atoms with Crippen molar-refractivity contribution < 1.29 is 19.0 Å². The molecular weight excluding hydrogens is 414 g/mol. The van der Waals surface area contributed by atoms with E-state index in [1.807, 2.05) is 42.3 Å². The average molecular weight is 440 g/mol. The molecular formula is C23H25N3O4S. The number of aryl methyl sites for hydroxylation is 2. The SMILES string of the molecule is CCc1nc(C)c(C(=O)N2C[C@@H]3OCC(Oc4cccc5cnccc45)CO[C@H]3C2)s1. The Bertz CT molecular complexity index is 1080. The highest BCUT2D eigenvalue weighted by atomic mass is 32.1. The summed E-state index contributed by atoms with van der Waals surface area (Å²) in [6, 6.07) is 7.88. The monoisotopic (exact) mass is 439 g/mol. The molecule has 3 aromatic rings. The molecule has 1 amide bonds. The van der Waals surface area contributed by atoms with E-state index in [2.05, 4.69) is 16.9 Å². The molecule has 0 bridgehead atoms. The number of amides is 1. The van der Waals surface area contributed by atoms with Gasteiger partial charge in [0.15, 0.2) is 0 Å². The van der Waals surface area contributed by atoms with Crippen LogP contribution in [0.1, 0.15) is 27.3 Å². The van der Waals surface area contributed by atoms with Crippen molar-refractivity contribution in [2.75, 3.05) is 26.3 Å². The molecule has 0 spiro atoms. The number of aromatic nitrogens is 2. The number of likely N-dealkylation sites (tertiary alicyclic amines) is 1. The number of rotatable bonds is 4. The van der Waals surface area contributed by atoms with Crippen molar-refractivity contribution in [2.45, 2.75) is 38.6 Å². The Balaban J connectivity index is 1.23. The summed E-state index contributed by atoms with van der Waals surface area (Å²) in [6.45, 7) is 5.84. The molecule has 0 aliphatic carbocycles. The van der Waals surface area contributed by atoms with Gasteiger partial charge in [-0.25, -0.2) is 4.98 Å². The summed E-state index contributed by atoms with van der Waals surface area (Å²) in [5, 5.41) is 3.04. The lowest BCUT2D eigenvalue weighted by atomic mass is 10.1. The van der Waals surface area contributed by atoms with Crippen molar-refractivity contribution in [3.63, 3.8) is 0 Å². The molecule has 2 fully saturated rings. The lowest BCUT2D eigenvalue weighted by Gasteiger charge is -2.20. The normalized spacial score (nSPS) is 21.8. The van der Waals surface area contributed by atoms with Crippen LogP contribution in [0.15, 0.2) is 36.7 Å². The fourth-order valence-electron chi connectivity index (χ4n) is 4.13. The second-order valence-electron chi connectivity index (χ2n) is 7.92. The summed E-state index contributed by atoms with van der Waals surface area (Å²) < 4.78 is 18.5. The topological polar surface area (TPSA) is 73.8 Å². The first-order valence-corrected chi connectivity index (χ1v) is 11.4. The Hall–Kier alpha value is -2.55. The van der Waals surface area contributed by atoms with Gasteiger partial charge in [-0.3, -0.25) is 9.78 Å². The van der Waals surface area contributed by atoms with Crippen LogP contribution in [0.25, 0.3) is 10.8 Å². The Morgan fingerprint density at radius 2 is 2.00 bits per heavy atom. The first-order valence-electron chi connectivity index (χ1n) is 10.6. The number of fused-ring (bicyclic) bond motifs is 2. The fourth-order valence-corrected chi connectivity index (χ4v) is 5.10. The number of pyridine rings is 1. The maximum absolute atomic E-state index is 13.0. The molecule has 2 aliphatic heterocycles. The van der Waals surface area contributed by atoms with Crippen LogP contribution in [-0.2, 0) is 15.9 Å². The van der Waals surface area contributed by atoms with Gasteiger partial charge >= 0.3 is 0 Å². The molecule has 8 heteroatoms. The highest BCUT2D eigenvalue weighted by molar-refractivity contribution is 7.13. The van der Waals surface area contributed by atoms with E-state index >= 15 is 0 Å². The van der Waals surface area contributed by atoms with Crippen molar-refractivity contribution in [3.8, 4) is 5.75 Å². The van der Waals surface area contributed by atoms with Gasteiger partial charge in [0.25, 0.3) is 5.91 Å². The van der Waals surface area contributed by atoms with Gasteiger partial charge in [-0.2, -0.15) is 0 Å². The molecule has 162 valence electrons. The van der Waals surface area contributed by atoms with Gasteiger partial charge in [0, 0.05) is 36.3 Å². The van der Waals surface area contributed by atoms with Crippen LogP contribution in [0, 0.1) is 6.92 Å². The van der Waals surface area contributed by atoms with Gasteiger partial charge in [0.05, 0.1) is 23.9 Å². The molecule has 31 heavy (non-hydrogen) atoms. The summed E-state index contributed by atoms with van der Waals surface area (Å²) in [4.78, 5) is 24.2. The highest BCUT2D eigenvalue weighted by Crippen LogP contribution is 2.29. The van der Waals surface area contributed by atoms with Crippen LogP contribution in [0.3, 0.4) is 0 Å². The third-order valence-corrected chi connectivity index (χ3v) is 7.06. The zero-order valence-electron chi connectivity index (χ0n) is 17.6. The average Bonchev–Trinajstić information content (AvgIpc) is 3.33. The van der Waals surface area contributed by atoms with E-state index in [4.69, 9.17) is 14.2 Å². The predicted molar refractivity (Wildman–Crippen MR) is 118 cm³/mol. The molecule has 0 unspecified atom stereocenters. The predicted octanol–water partition coefficient (Wildman–Crippen LogP) is 3.25. The number of hydrogen-bond acceptors (Lipinski definition) is 7. The van der Waals surface area contributed by atoms with Crippen LogP contribution in [-0.4, -0.2) is 65.4 Å². The first-order chi connectivity index (χ1) is 15.1.